The predicted molar refractivity (Wildman–Crippen MR) is 45.9 cm³/mol. The third-order valence-corrected chi connectivity index (χ3v) is 1.87. The van der Waals surface area contributed by atoms with Gasteiger partial charge in [-0.05, 0) is 30.9 Å². The van der Waals surface area contributed by atoms with Crippen molar-refractivity contribution in [2.75, 3.05) is 0 Å². The molecule has 0 aromatic heterocycles. The summed E-state index contributed by atoms with van der Waals surface area (Å²) in [5, 5.41) is 0. The highest BCUT2D eigenvalue weighted by Crippen LogP contribution is 2.20. The largest absolute Gasteiger partial charge is 0.0839 e. The maximum atomic E-state index is 2.28. The standard InChI is InChI=1S/C10H14/c1-3-9(4-2)10-7-5-6-8-10/h3,5,7-8H,4,6H2,1-2H3/b9-3+. The third-order valence-electron chi connectivity index (χ3n) is 1.87. The first-order valence-electron chi connectivity index (χ1n) is 3.90. The average molecular weight is 134 g/mol. The van der Waals surface area contributed by atoms with Crippen molar-refractivity contribution < 1.29 is 0 Å². The van der Waals surface area contributed by atoms with E-state index in [0.29, 0.717) is 0 Å². The summed E-state index contributed by atoms with van der Waals surface area (Å²) in [4.78, 5) is 0. The molecule has 0 saturated carbocycles. The van der Waals surface area contributed by atoms with Crippen molar-refractivity contribution in [3.8, 4) is 0 Å². The third kappa shape index (κ3) is 1.38. The quantitative estimate of drug-likeness (QED) is 0.544. The molecular weight excluding hydrogens is 120 g/mol. The minimum atomic E-state index is 1.12. The van der Waals surface area contributed by atoms with Gasteiger partial charge in [-0.3, -0.25) is 0 Å². The minimum absolute atomic E-state index is 1.12. The number of allylic oxidation sites excluding steroid dienone is 6. The zero-order valence-corrected chi connectivity index (χ0v) is 6.72. The van der Waals surface area contributed by atoms with Gasteiger partial charge >= 0.3 is 0 Å². The molecule has 0 aliphatic heterocycles. The molecule has 0 atom stereocenters. The van der Waals surface area contributed by atoms with Crippen molar-refractivity contribution >= 4 is 0 Å². The molecule has 0 spiro atoms. The van der Waals surface area contributed by atoms with E-state index < -0.39 is 0 Å². The van der Waals surface area contributed by atoms with Crippen LogP contribution in [0, 0.1) is 0 Å². The van der Waals surface area contributed by atoms with Crippen LogP contribution in [-0.2, 0) is 0 Å². The Morgan fingerprint density at radius 2 is 2.50 bits per heavy atom. The number of hydrogen-bond acceptors (Lipinski definition) is 0. The minimum Gasteiger partial charge on any atom is -0.0839 e. The van der Waals surface area contributed by atoms with Crippen LogP contribution in [0.3, 0.4) is 0 Å². The van der Waals surface area contributed by atoms with Gasteiger partial charge in [-0.2, -0.15) is 0 Å². The van der Waals surface area contributed by atoms with Gasteiger partial charge in [0.15, 0.2) is 0 Å². The van der Waals surface area contributed by atoms with Crippen molar-refractivity contribution in [2.24, 2.45) is 0 Å². The Labute approximate surface area is 62.9 Å². The van der Waals surface area contributed by atoms with Crippen LogP contribution in [0.2, 0.25) is 0 Å². The van der Waals surface area contributed by atoms with Crippen LogP contribution >= 0.6 is 0 Å². The summed E-state index contributed by atoms with van der Waals surface area (Å²) in [5.41, 5.74) is 2.89. The zero-order chi connectivity index (χ0) is 7.40. The highest BCUT2D eigenvalue weighted by atomic mass is 14.1. The first-order chi connectivity index (χ1) is 4.88. The maximum absolute atomic E-state index is 2.28. The van der Waals surface area contributed by atoms with Gasteiger partial charge in [0.25, 0.3) is 0 Å². The molecule has 1 rings (SSSR count). The van der Waals surface area contributed by atoms with Gasteiger partial charge in [0, 0.05) is 0 Å². The lowest BCUT2D eigenvalue weighted by atomic mass is 10.1. The van der Waals surface area contributed by atoms with Crippen LogP contribution in [0.15, 0.2) is 35.5 Å². The SMILES string of the molecule is C/C=C(\CC)C1=CCC=C1. The summed E-state index contributed by atoms with van der Waals surface area (Å²) in [6, 6.07) is 0. The fourth-order valence-corrected chi connectivity index (χ4v) is 1.27. The predicted octanol–water partition coefficient (Wildman–Crippen LogP) is 3.23. The van der Waals surface area contributed by atoms with Gasteiger partial charge in [0.05, 0.1) is 0 Å². The summed E-state index contributed by atoms with van der Waals surface area (Å²) >= 11 is 0. The van der Waals surface area contributed by atoms with Gasteiger partial charge in [0.1, 0.15) is 0 Å². The Kier molecular flexibility index (Phi) is 2.49. The van der Waals surface area contributed by atoms with E-state index in [-0.39, 0.29) is 0 Å². The fourth-order valence-electron chi connectivity index (χ4n) is 1.27. The molecule has 0 heteroatoms. The van der Waals surface area contributed by atoms with Gasteiger partial charge in [-0.25, -0.2) is 0 Å². The molecule has 0 amide bonds. The summed E-state index contributed by atoms with van der Waals surface area (Å²) in [5.74, 6) is 0. The van der Waals surface area contributed by atoms with Crippen LogP contribution in [0.1, 0.15) is 26.7 Å². The Bertz CT molecular complexity index is 192. The lowest BCUT2D eigenvalue weighted by Crippen LogP contribution is -1.80. The van der Waals surface area contributed by atoms with Crippen molar-refractivity contribution in [1.82, 2.24) is 0 Å². The molecule has 1 aliphatic rings. The molecule has 54 valence electrons. The maximum Gasteiger partial charge on any atom is -0.0157 e. The Balaban J connectivity index is 2.72. The highest BCUT2D eigenvalue weighted by Gasteiger charge is 2.00. The number of hydrogen-bond donors (Lipinski definition) is 0. The topological polar surface area (TPSA) is 0 Å². The van der Waals surface area contributed by atoms with Gasteiger partial charge in [-0.15, -0.1) is 0 Å². The second kappa shape index (κ2) is 3.40. The van der Waals surface area contributed by atoms with E-state index in [1.165, 1.54) is 11.1 Å². The van der Waals surface area contributed by atoms with Gasteiger partial charge in [0.2, 0.25) is 0 Å². The Morgan fingerprint density at radius 3 is 2.90 bits per heavy atom. The summed E-state index contributed by atoms with van der Waals surface area (Å²) in [7, 11) is 0. The Morgan fingerprint density at radius 1 is 1.70 bits per heavy atom. The monoisotopic (exact) mass is 134 g/mol. The second-order valence-electron chi connectivity index (χ2n) is 2.47. The lowest BCUT2D eigenvalue weighted by molar-refractivity contribution is 1.12. The van der Waals surface area contributed by atoms with Gasteiger partial charge < -0.3 is 0 Å². The molecule has 0 fully saturated rings. The van der Waals surface area contributed by atoms with Gasteiger partial charge in [-0.1, -0.05) is 31.2 Å². The molecule has 10 heavy (non-hydrogen) atoms. The smallest absolute Gasteiger partial charge is 0.0157 e. The molecule has 0 unspecified atom stereocenters. The zero-order valence-electron chi connectivity index (χ0n) is 6.72. The first kappa shape index (κ1) is 7.33. The second-order valence-corrected chi connectivity index (χ2v) is 2.47. The van der Waals surface area contributed by atoms with Crippen molar-refractivity contribution in [3.63, 3.8) is 0 Å². The molecule has 0 bridgehead atoms. The number of rotatable bonds is 2. The van der Waals surface area contributed by atoms with Crippen molar-refractivity contribution in [1.29, 1.82) is 0 Å². The summed E-state index contributed by atoms with van der Waals surface area (Å²) in [6.45, 7) is 4.30. The molecule has 0 saturated heterocycles. The Hall–Kier alpha value is -0.780. The van der Waals surface area contributed by atoms with E-state index in [2.05, 4.69) is 38.2 Å². The molecule has 0 aromatic carbocycles. The van der Waals surface area contributed by atoms with Crippen molar-refractivity contribution in [2.45, 2.75) is 26.7 Å². The summed E-state index contributed by atoms with van der Waals surface area (Å²) < 4.78 is 0. The fraction of sp³-hybridized carbons (Fsp3) is 0.400. The van der Waals surface area contributed by atoms with E-state index >= 15 is 0 Å². The van der Waals surface area contributed by atoms with Crippen LogP contribution in [0.25, 0.3) is 0 Å². The van der Waals surface area contributed by atoms with E-state index in [4.69, 9.17) is 0 Å². The molecular formula is C10H14. The first-order valence-corrected chi connectivity index (χ1v) is 3.90. The van der Waals surface area contributed by atoms with E-state index in [1.807, 2.05) is 0 Å². The van der Waals surface area contributed by atoms with E-state index in [1.54, 1.807) is 0 Å². The van der Waals surface area contributed by atoms with Crippen LogP contribution in [0.5, 0.6) is 0 Å². The highest BCUT2D eigenvalue weighted by molar-refractivity contribution is 5.42. The average Bonchev–Trinajstić information content (AvgIpc) is 2.43. The molecule has 0 radical (unpaired) electrons. The molecule has 1 aliphatic carbocycles. The van der Waals surface area contributed by atoms with Crippen LogP contribution in [0.4, 0.5) is 0 Å². The summed E-state index contributed by atoms with van der Waals surface area (Å²) in [6.07, 6.45) is 11.1. The molecule has 0 nitrogen and oxygen atoms in total. The van der Waals surface area contributed by atoms with E-state index in [9.17, 15) is 0 Å². The lowest BCUT2D eigenvalue weighted by Gasteiger charge is -2.00. The molecule has 0 N–H and O–H groups in total. The normalized spacial score (nSPS) is 17.8. The van der Waals surface area contributed by atoms with Crippen LogP contribution in [-0.4, -0.2) is 0 Å². The van der Waals surface area contributed by atoms with Crippen molar-refractivity contribution in [3.05, 3.63) is 35.5 Å². The molecule has 0 heterocycles. The van der Waals surface area contributed by atoms with E-state index in [0.717, 1.165) is 12.8 Å². The molecule has 0 aromatic rings. The van der Waals surface area contributed by atoms with Crippen LogP contribution < -0.4 is 0 Å².